The zero-order valence-electron chi connectivity index (χ0n) is 14.2. The predicted molar refractivity (Wildman–Crippen MR) is 95.8 cm³/mol. The van der Waals surface area contributed by atoms with E-state index in [4.69, 9.17) is 5.11 Å². The minimum absolute atomic E-state index is 0. The maximum Gasteiger partial charge on any atom is 0.322 e. The number of halogens is 1. The molecule has 0 bridgehead atoms. The number of hydrogen-bond acceptors (Lipinski definition) is 4. The maximum atomic E-state index is 12.3. The van der Waals surface area contributed by atoms with Gasteiger partial charge in [-0.3, -0.25) is 19.3 Å². The molecule has 0 spiro atoms. The van der Waals surface area contributed by atoms with Crippen molar-refractivity contribution in [2.45, 2.75) is 13.3 Å². The van der Waals surface area contributed by atoms with Crippen molar-refractivity contribution in [2.75, 3.05) is 39.3 Å². The number of benzene rings is 1. The van der Waals surface area contributed by atoms with E-state index in [1.54, 1.807) is 0 Å². The van der Waals surface area contributed by atoms with Crippen LogP contribution in [0.2, 0.25) is 0 Å². The monoisotopic (exact) mass is 369 g/mol. The van der Waals surface area contributed by atoms with Crippen LogP contribution >= 0.6 is 12.4 Å². The van der Waals surface area contributed by atoms with Crippen molar-refractivity contribution in [1.29, 1.82) is 0 Å². The number of nitrogens with one attached hydrogen (secondary N) is 1. The molecule has 1 aromatic carbocycles. The van der Waals surface area contributed by atoms with Gasteiger partial charge < -0.3 is 15.3 Å². The van der Waals surface area contributed by atoms with Gasteiger partial charge in [-0.2, -0.15) is 0 Å². The van der Waals surface area contributed by atoms with Crippen molar-refractivity contribution in [3.05, 3.63) is 35.4 Å². The Balaban J connectivity index is 0.00000312. The number of carboxylic acids is 1. The number of nitrogens with zero attached hydrogens (tertiary/aromatic N) is 2. The topological polar surface area (TPSA) is 90.0 Å². The normalized spacial score (nSPS) is 14.5. The maximum absolute atomic E-state index is 12.3. The van der Waals surface area contributed by atoms with Crippen LogP contribution in [0.3, 0.4) is 0 Å². The summed E-state index contributed by atoms with van der Waals surface area (Å²) in [5, 5.41) is 10.9. The minimum Gasteiger partial charge on any atom is -0.480 e. The third-order valence-electron chi connectivity index (χ3n) is 4.00. The van der Waals surface area contributed by atoms with E-state index in [-0.39, 0.29) is 37.3 Å². The van der Waals surface area contributed by atoms with Gasteiger partial charge in [0.05, 0.1) is 13.0 Å². The Morgan fingerprint density at radius 2 is 1.68 bits per heavy atom. The fourth-order valence-electron chi connectivity index (χ4n) is 2.58. The predicted octanol–water partition coefficient (Wildman–Crippen LogP) is 0.304. The molecule has 2 N–H and O–H groups in total. The third kappa shape index (κ3) is 7.11. The first kappa shape index (κ1) is 20.9. The fraction of sp³-hybridized carbons (Fsp3) is 0.471. The molecule has 0 radical (unpaired) electrons. The third-order valence-corrected chi connectivity index (χ3v) is 4.00. The van der Waals surface area contributed by atoms with Crippen LogP contribution in [-0.2, 0) is 20.8 Å². The van der Waals surface area contributed by atoms with E-state index in [0.717, 1.165) is 5.56 Å². The lowest BCUT2D eigenvalue weighted by Crippen LogP contribution is -2.51. The summed E-state index contributed by atoms with van der Waals surface area (Å²) in [6.07, 6.45) is 0.388. The average molecular weight is 370 g/mol. The highest BCUT2D eigenvalue weighted by Gasteiger charge is 2.22. The van der Waals surface area contributed by atoms with Crippen molar-refractivity contribution in [3.8, 4) is 0 Å². The largest absolute Gasteiger partial charge is 0.480 e. The molecule has 0 saturated carbocycles. The molecule has 25 heavy (non-hydrogen) atoms. The summed E-state index contributed by atoms with van der Waals surface area (Å²) < 4.78 is 0. The van der Waals surface area contributed by atoms with Crippen molar-refractivity contribution >= 4 is 30.2 Å². The summed E-state index contributed by atoms with van der Waals surface area (Å²) in [6, 6.07) is 7.93. The van der Waals surface area contributed by atoms with Crippen LogP contribution in [0, 0.1) is 6.92 Å². The summed E-state index contributed by atoms with van der Waals surface area (Å²) in [7, 11) is 0. The first-order valence-corrected chi connectivity index (χ1v) is 7.98. The number of hydrogen-bond donors (Lipinski definition) is 2. The summed E-state index contributed by atoms with van der Waals surface area (Å²) in [4.78, 5) is 38.1. The SMILES string of the molecule is Cc1ccc(CC(=O)N2CCN(CC(=O)NCC(=O)O)CC2)cc1.Cl. The van der Waals surface area contributed by atoms with E-state index >= 15 is 0 Å². The Labute approximate surface area is 153 Å². The van der Waals surface area contributed by atoms with Crippen molar-refractivity contribution in [1.82, 2.24) is 15.1 Å². The van der Waals surface area contributed by atoms with Crippen LogP contribution in [0.1, 0.15) is 11.1 Å². The summed E-state index contributed by atoms with van der Waals surface area (Å²) in [6.45, 7) is 4.19. The van der Waals surface area contributed by atoms with Gasteiger partial charge in [0.1, 0.15) is 6.54 Å². The number of amides is 2. The molecule has 138 valence electrons. The molecule has 1 saturated heterocycles. The number of rotatable bonds is 6. The number of aryl methyl sites for hydroxylation is 1. The van der Waals surface area contributed by atoms with Gasteiger partial charge in [0.25, 0.3) is 0 Å². The molecular weight excluding hydrogens is 346 g/mol. The Morgan fingerprint density at radius 1 is 1.08 bits per heavy atom. The zero-order valence-corrected chi connectivity index (χ0v) is 15.1. The molecule has 0 atom stereocenters. The standard InChI is InChI=1S/C17H23N3O4.ClH/c1-13-2-4-14(5-3-13)10-16(22)20-8-6-19(7-9-20)12-15(21)18-11-17(23)24;/h2-5H,6-12H2,1H3,(H,18,21)(H,23,24);1H. The lowest BCUT2D eigenvalue weighted by atomic mass is 10.1. The van der Waals surface area contributed by atoms with Crippen LogP contribution in [0.4, 0.5) is 0 Å². The molecule has 1 aliphatic heterocycles. The van der Waals surface area contributed by atoms with E-state index in [2.05, 4.69) is 5.32 Å². The average Bonchev–Trinajstić information content (AvgIpc) is 2.55. The van der Waals surface area contributed by atoms with Gasteiger partial charge in [-0.1, -0.05) is 29.8 Å². The Morgan fingerprint density at radius 3 is 2.24 bits per heavy atom. The van der Waals surface area contributed by atoms with Crippen LogP contribution in [0.5, 0.6) is 0 Å². The Hall–Kier alpha value is -2.12. The van der Waals surface area contributed by atoms with Crippen LogP contribution in [-0.4, -0.2) is 72.0 Å². The highest BCUT2D eigenvalue weighted by atomic mass is 35.5. The second-order valence-corrected chi connectivity index (χ2v) is 5.99. The second-order valence-electron chi connectivity index (χ2n) is 5.99. The number of carbonyl (C=O) groups is 3. The molecule has 1 fully saturated rings. The highest BCUT2D eigenvalue weighted by molar-refractivity contribution is 5.85. The molecule has 0 unspecified atom stereocenters. The number of piperazine rings is 1. The van der Waals surface area contributed by atoms with Gasteiger partial charge in [0.15, 0.2) is 0 Å². The van der Waals surface area contributed by atoms with Gasteiger partial charge in [-0.25, -0.2) is 0 Å². The van der Waals surface area contributed by atoms with Gasteiger partial charge >= 0.3 is 5.97 Å². The molecule has 1 aromatic rings. The highest BCUT2D eigenvalue weighted by Crippen LogP contribution is 2.08. The van der Waals surface area contributed by atoms with E-state index < -0.39 is 5.97 Å². The van der Waals surface area contributed by atoms with E-state index in [1.165, 1.54) is 5.56 Å². The summed E-state index contributed by atoms with van der Waals surface area (Å²) in [5.41, 5.74) is 2.17. The van der Waals surface area contributed by atoms with Crippen molar-refractivity contribution < 1.29 is 19.5 Å². The van der Waals surface area contributed by atoms with E-state index in [9.17, 15) is 14.4 Å². The molecule has 0 aromatic heterocycles. The molecular formula is C17H24ClN3O4. The minimum atomic E-state index is -1.06. The van der Waals surface area contributed by atoms with Crippen LogP contribution in [0.25, 0.3) is 0 Å². The zero-order chi connectivity index (χ0) is 17.5. The lowest BCUT2D eigenvalue weighted by molar-refractivity contribution is -0.138. The summed E-state index contributed by atoms with van der Waals surface area (Å²) in [5.74, 6) is -1.28. The Kier molecular flexibility index (Phi) is 8.37. The number of aliphatic carboxylic acids is 1. The first-order chi connectivity index (χ1) is 11.4. The van der Waals surface area contributed by atoms with Crippen LogP contribution in [0.15, 0.2) is 24.3 Å². The molecule has 1 heterocycles. The Bertz CT molecular complexity index is 598. The lowest BCUT2D eigenvalue weighted by Gasteiger charge is -2.34. The molecule has 2 rings (SSSR count). The summed E-state index contributed by atoms with van der Waals surface area (Å²) >= 11 is 0. The molecule has 8 heteroatoms. The van der Waals surface area contributed by atoms with Gasteiger partial charge in [-0.15, -0.1) is 12.4 Å². The second kappa shape index (κ2) is 10.0. The number of carboxylic acid groups (broad SMARTS) is 1. The van der Waals surface area contributed by atoms with Gasteiger partial charge in [-0.05, 0) is 12.5 Å². The van der Waals surface area contributed by atoms with Gasteiger partial charge in [0, 0.05) is 26.2 Å². The van der Waals surface area contributed by atoms with Gasteiger partial charge in [0.2, 0.25) is 11.8 Å². The number of carbonyl (C=O) groups excluding carboxylic acids is 2. The van der Waals surface area contributed by atoms with E-state index in [1.807, 2.05) is 41.0 Å². The molecule has 1 aliphatic rings. The molecule has 0 aliphatic carbocycles. The fourth-order valence-corrected chi connectivity index (χ4v) is 2.58. The van der Waals surface area contributed by atoms with Crippen molar-refractivity contribution in [2.24, 2.45) is 0 Å². The quantitative estimate of drug-likeness (QED) is 0.753. The smallest absolute Gasteiger partial charge is 0.322 e. The molecule has 7 nitrogen and oxygen atoms in total. The van der Waals surface area contributed by atoms with Crippen LogP contribution < -0.4 is 5.32 Å². The first-order valence-electron chi connectivity index (χ1n) is 7.98. The van der Waals surface area contributed by atoms with E-state index in [0.29, 0.717) is 32.6 Å². The molecule has 2 amide bonds. The van der Waals surface area contributed by atoms with Crippen molar-refractivity contribution in [3.63, 3.8) is 0 Å².